The lowest BCUT2D eigenvalue weighted by Crippen LogP contribution is -2.41. The van der Waals surface area contributed by atoms with Crippen LogP contribution in [-0.4, -0.2) is 43.6 Å². The third-order valence-corrected chi connectivity index (χ3v) is 5.16. The molecule has 2 aliphatic heterocycles. The van der Waals surface area contributed by atoms with Crippen LogP contribution < -0.4 is 14.5 Å². The van der Waals surface area contributed by atoms with Crippen LogP contribution in [0.1, 0.15) is 18.9 Å². The number of fused-ring (bicyclic) bond motifs is 2. The van der Waals surface area contributed by atoms with Crippen LogP contribution in [0.2, 0.25) is 0 Å². The number of hydrogen-bond acceptors (Lipinski definition) is 5. The molecule has 0 radical (unpaired) electrons. The standard InChI is InChI=1S/C22H22N2O5/c1-15(22(27)24-12-10-16-6-2-3-7-17(16)24)29-21(26)11-13-23-18-8-4-5-9-19(18)28-14-20(23)25/h2-9,15H,10-14H2,1H3/t15-/m0/s1. The molecular formula is C22H22N2O5. The Morgan fingerprint density at radius 2 is 1.83 bits per heavy atom. The predicted molar refractivity (Wildman–Crippen MR) is 107 cm³/mol. The van der Waals surface area contributed by atoms with E-state index in [9.17, 15) is 14.4 Å². The number of para-hydroxylation sites is 3. The maximum absolute atomic E-state index is 12.7. The molecule has 1 atom stereocenters. The Hall–Kier alpha value is -3.35. The second-order valence-electron chi connectivity index (χ2n) is 7.05. The van der Waals surface area contributed by atoms with Gasteiger partial charge >= 0.3 is 5.97 Å². The quantitative estimate of drug-likeness (QED) is 0.728. The lowest BCUT2D eigenvalue weighted by atomic mass is 10.2. The number of anilines is 2. The monoisotopic (exact) mass is 394 g/mol. The molecule has 29 heavy (non-hydrogen) atoms. The minimum absolute atomic E-state index is 0.00567. The van der Waals surface area contributed by atoms with Crippen LogP contribution >= 0.6 is 0 Å². The van der Waals surface area contributed by atoms with Gasteiger partial charge in [0.05, 0.1) is 12.1 Å². The summed E-state index contributed by atoms with van der Waals surface area (Å²) in [5.74, 6) is -0.364. The number of hydrogen-bond donors (Lipinski definition) is 0. The Morgan fingerprint density at radius 1 is 1.10 bits per heavy atom. The number of nitrogens with zero attached hydrogens (tertiary/aromatic N) is 2. The normalized spacial score (nSPS) is 16.0. The van der Waals surface area contributed by atoms with Crippen LogP contribution in [0.5, 0.6) is 5.75 Å². The Balaban J connectivity index is 1.34. The molecule has 7 heteroatoms. The average Bonchev–Trinajstić information content (AvgIpc) is 3.16. The van der Waals surface area contributed by atoms with Crippen LogP contribution in [-0.2, 0) is 25.5 Å². The number of amides is 2. The first kappa shape index (κ1) is 19.0. The molecule has 0 saturated heterocycles. The first-order valence-electron chi connectivity index (χ1n) is 9.65. The molecule has 2 aromatic carbocycles. The third-order valence-electron chi connectivity index (χ3n) is 5.16. The number of benzene rings is 2. The molecule has 2 amide bonds. The lowest BCUT2D eigenvalue weighted by molar-refractivity contribution is -0.153. The first-order valence-corrected chi connectivity index (χ1v) is 9.65. The van der Waals surface area contributed by atoms with E-state index in [1.165, 1.54) is 4.90 Å². The Labute approximate surface area is 168 Å². The summed E-state index contributed by atoms with van der Waals surface area (Å²) in [6.07, 6.45) is -0.101. The molecule has 7 nitrogen and oxygen atoms in total. The number of esters is 1. The summed E-state index contributed by atoms with van der Waals surface area (Å²) >= 11 is 0. The highest BCUT2D eigenvalue weighted by Crippen LogP contribution is 2.31. The van der Waals surface area contributed by atoms with Gasteiger partial charge in [0.2, 0.25) is 0 Å². The minimum Gasteiger partial charge on any atom is -0.482 e. The number of carbonyl (C=O) groups excluding carboxylic acids is 3. The predicted octanol–water partition coefficient (Wildman–Crippen LogP) is 2.32. The zero-order chi connectivity index (χ0) is 20.4. The van der Waals surface area contributed by atoms with E-state index in [2.05, 4.69) is 0 Å². The zero-order valence-corrected chi connectivity index (χ0v) is 16.2. The first-order chi connectivity index (χ1) is 14.0. The lowest BCUT2D eigenvalue weighted by Gasteiger charge is -2.29. The van der Waals surface area contributed by atoms with Gasteiger partial charge in [-0.05, 0) is 37.1 Å². The van der Waals surface area contributed by atoms with Crippen LogP contribution in [0.4, 0.5) is 11.4 Å². The van der Waals surface area contributed by atoms with Crippen LogP contribution in [0.3, 0.4) is 0 Å². The molecule has 0 spiro atoms. The molecule has 0 aliphatic carbocycles. The summed E-state index contributed by atoms with van der Waals surface area (Å²) in [5, 5.41) is 0. The summed E-state index contributed by atoms with van der Waals surface area (Å²) < 4.78 is 10.8. The summed E-state index contributed by atoms with van der Waals surface area (Å²) in [6, 6.07) is 14.9. The molecule has 0 N–H and O–H groups in total. The topological polar surface area (TPSA) is 76.1 Å². The summed E-state index contributed by atoms with van der Waals surface area (Å²) in [4.78, 5) is 40.4. The van der Waals surface area contributed by atoms with E-state index in [4.69, 9.17) is 9.47 Å². The molecule has 4 rings (SSSR count). The van der Waals surface area contributed by atoms with E-state index < -0.39 is 12.1 Å². The molecular weight excluding hydrogens is 372 g/mol. The van der Waals surface area contributed by atoms with Gasteiger partial charge in [0.25, 0.3) is 11.8 Å². The van der Waals surface area contributed by atoms with Crippen molar-refractivity contribution < 1.29 is 23.9 Å². The van der Waals surface area contributed by atoms with E-state index in [0.717, 1.165) is 17.7 Å². The van der Waals surface area contributed by atoms with Crippen LogP contribution in [0.15, 0.2) is 48.5 Å². The van der Waals surface area contributed by atoms with Crippen molar-refractivity contribution in [2.45, 2.75) is 25.9 Å². The Kier molecular flexibility index (Phi) is 5.20. The van der Waals surface area contributed by atoms with Gasteiger partial charge < -0.3 is 19.3 Å². The van der Waals surface area contributed by atoms with Gasteiger partial charge in [0, 0.05) is 18.8 Å². The van der Waals surface area contributed by atoms with Crippen molar-refractivity contribution in [1.82, 2.24) is 0 Å². The largest absolute Gasteiger partial charge is 0.482 e. The van der Waals surface area contributed by atoms with Gasteiger partial charge in [0.1, 0.15) is 5.75 Å². The summed E-state index contributed by atoms with van der Waals surface area (Å²) in [7, 11) is 0. The van der Waals surface area contributed by atoms with E-state index in [1.54, 1.807) is 30.0 Å². The van der Waals surface area contributed by atoms with Crippen molar-refractivity contribution in [2.24, 2.45) is 0 Å². The van der Waals surface area contributed by atoms with Gasteiger partial charge in [-0.1, -0.05) is 30.3 Å². The van der Waals surface area contributed by atoms with Crippen molar-refractivity contribution in [2.75, 3.05) is 29.5 Å². The molecule has 0 aromatic heterocycles. The summed E-state index contributed by atoms with van der Waals surface area (Å²) in [5.41, 5.74) is 2.62. The SMILES string of the molecule is C[C@H](OC(=O)CCN1C(=O)COc2ccccc21)C(=O)N1CCc2ccccc21. The number of rotatable bonds is 5. The molecule has 2 aromatic rings. The van der Waals surface area contributed by atoms with Crippen molar-refractivity contribution in [3.05, 3.63) is 54.1 Å². The number of carbonyl (C=O) groups is 3. The molecule has 0 bridgehead atoms. The van der Waals surface area contributed by atoms with E-state index in [1.807, 2.05) is 30.3 Å². The highest BCUT2D eigenvalue weighted by atomic mass is 16.5. The molecule has 2 heterocycles. The van der Waals surface area contributed by atoms with Crippen LogP contribution in [0.25, 0.3) is 0 Å². The highest BCUT2D eigenvalue weighted by Gasteiger charge is 2.30. The van der Waals surface area contributed by atoms with Crippen molar-refractivity contribution >= 4 is 29.2 Å². The second kappa shape index (κ2) is 7.95. The molecule has 2 aliphatic rings. The van der Waals surface area contributed by atoms with E-state index in [0.29, 0.717) is 18.0 Å². The Morgan fingerprint density at radius 3 is 2.66 bits per heavy atom. The minimum atomic E-state index is -0.888. The summed E-state index contributed by atoms with van der Waals surface area (Å²) in [6.45, 7) is 2.27. The fourth-order valence-electron chi connectivity index (χ4n) is 3.70. The van der Waals surface area contributed by atoms with Gasteiger partial charge in [-0.3, -0.25) is 14.4 Å². The fraction of sp³-hybridized carbons (Fsp3) is 0.318. The van der Waals surface area contributed by atoms with Gasteiger partial charge in [-0.2, -0.15) is 0 Å². The number of ether oxygens (including phenoxy) is 2. The van der Waals surface area contributed by atoms with Crippen LogP contribution in [0, 0.1) is 0 Å². The van der Waals surface area contributed by atoms with Crippen molar-refractivity contribution in [3.63, 3.8) is 0 Å². The van der Waals surface area contributed by atoms with Crippen molar-refractivity contribution in [3.8, 4) is 5.75 Å². The van der Waals surface area contributed by atoms with Gasteiger partial charge in [-0.25, -0.2) is 0 Å². The highest BCUT2D eigenvalue weighted by molar-refractivity contribution is 6.00. The van der Waals surface area contributed by atoms with E-state index >= 15 is 0 Å². The molecule has 0 fully saturated rings. The Bertz CT molecular complexity index is 958. The average molecular weight is 394 g/mol. The molecule has 0 saturated carbocycles. The molecule has 150 valence electrons. The maximum Gasteiger partial charge on any atom is 0.308 e. The molecule has 0 unspecified atom stereocenters. The smallest absolute Gasteiger partial charge is 0.308 e. The second-order valence-corrected chi connectivity index (χ2v) is 7.05. The van der Waals surface area contributed by atoms with E-state index in [-0.39, 0.29) is 31.4 Å². The zero-order valence-electron chi connectivity index (χ0n) is 16.2. The fourth-order valence-corrected chi connectivity index (χ4v) is 3.70. The maximum atomic E-state index is 12.7. The van der Waals surface area contributed by atoms with Gasteiger partial charge in [0.15, 0.2) is 12.7 Å². The van der Waals surface area contributed by atoms with Crippen molar-refractivity contribution in [1.29, 1.82) is 0 Å². The third kappa shape index (κ3) is 3.81. The van der Waals surface area contributed by atoms with Gasteiger partial charge in [-0.15, -0.1) is 0 Å².